The summed E-state index contributed by atoms with van der Waals surface area (Å²) in [5, 5.41) is 18.1. The van der Waals surface area contributed by atoms with Gasteiger partial charge in [0.2, 0.25) is 11.5 Å². The smallest absolute Gasteiger partial charge is 0.424 e. The van der Waals surface area contributed by atoms with Crippen molar-refractivity contribution in [2.45, 2.75) is 42.5 Å². The van der Waals surface area contributed by atoms with E-state index in [9.17, 15) is 41.0 Å². The number of pyridine rings is 1. The zero-order valence-electron chi connectivity index (χ0n) is 22.8. The Hall–Kier alpha value is -4.37. The second kappa shape index (κ2) is 10.6. The van der Waals surface area contributed by atoms with Gasteiger partial charge in [-0.3, -0.25) is 14.3 Å². The molecule has 2 aromatic carbocycles. The number of halogens is 7. The zero-order chi connectivity index (χ0) is 32.5. The van der Waals surface area contributed by atoms with Crippen molar-refractivity contribution in [1.82, 2.24) is 20.1 Å². The van der Waals surface area contributed by atoms with Gasteiger partial charge in [0.15, 0.2) is 5.41 Å². The largest absolute Gasteiger partial charge is 0.489 e. The van der Waals surface area contributed by atoms with Gasteiger partial charge in [-0.25, -0.2) is 18.2 Å². The number of aliphatic hydroxyl groups is 1. The summed E-state index contributed by atoms with van der Waals surface area (Å²) in [7, 11) is 0. The summed E-state index contributed by atoms with van der Waals surface area (Å²) in [4.78, 5) is 29.3. The quantitative estimate of drug-likeness (QED) is 0.235. The Balaban J connectivity index is 1.42. The second-order valence-corrected chi connectivity index (χ2v) is 11.3. The number of carbonyl (C=O) groups is 2. The van der Waals surface area contributed by atoms with Crippen molar-refractivity contribution in [2.75, 3.05) is 13.2 Å². The summed E-state index contributed by atoms with van der Waals surface area (Å²) in [5.74, 6) is -3.87. The molecule has 1 saturated carbocycles. The lowest BCUT2D eigenvalue weighted by atomic mass is 9.80. The van der Waals surface area contributed by atoms with Crippen molar-refractivity contribution in [2.24, 2.45) is 5.73 Å². The standard InChI is InChI=1S/C29H22ClF6N5O4/c30-19-8-14(7-15-10-41(17-5-6-17)40-21(15)19)24(42)38-11-28(44,29(34,35)36)20-9-18-23(45-12-27(18,25(32)33)26(37)43)22(39-20)13-1-3-16(31)4-2-13/h1-4,7-10,17,25,44H,5-6,11-12H2,(H2,37,43)(H,38,42)/t27-,28?/m0/s1. The van der Waals surface area contributed by atoms with E-state index < -0.39 is 77.1 Å². The summed E-state index contributed by atoms with van der Waals surface area (Å²) in [6.45, 7) is -2.56. The van der Waals surface area contributed by atoms with Gasteiger partial charge >= 0.3 is 6.18 Å². The van der Waals surface area contributed by atoms with Crippen molar-refractivity contribution in [3.05, 3.63) is 76.3 Å². The van der Waals surface area contributed by atoms with Gasteiger partial charge in [0.05, 0.1) is 23.3 Å². The molecule has 2 amide bonds. The minimum Gasteiger partial charge on any atom is -0.489 e. The molecule has 2 aliphatic rings. The highest BCUT2D eigenvalue weighted by Gasteiger charge is 2.60. The van der Waals surface area contributed by atoms with Gasteiger partial charge in [-0.05, 0) is 55.3 Å². The molecule has 1 aliphatic carbocycles. The number of hydrogen-bond donors (Lipinski definition) is 3. The van der Waals surface area contributed by atoms with E-state index in [0.29, 0.717) is 17.0 Å². The Labute approximate surface area is 254 Å². The number of primary amides is 1. The van der Waals surface area contributed by atoms with Crippen molar-refractivity contribution < 1.29 is 45.8 Å². The Morgan fingerprint density at radius 1 is 1.18 bits per heavy atom. The number of nitrogens with zero attached hydrogens (tertiary/aromatic N) is 3. The molecule has 6 rings (SSSR count). The van der Waals surface area contributed by atoms with Crippen LogP contribution in [0.3, 0.4) is 0 Å². The number of nitrogens with two attached hydrogens (primary N) is 1. The molecule has 1 fully saturated rings. The van der Waals surface area contributed by atoms with Crippen molar-refractivity contribution in [3.63, 3.8) is 0 Å². The van der Waals surface area contributed by atoms with Crippen LogP contribution in [0.1, 0.15) is 40.5 Å². The Bertz CT molecular complexity index is 1850. The lowest BCUT2D eigenvalue weighted by molar-refractivity contribution is -0.265. The third-order valence-electron chi connectivity index (χ3n) is 7.99. The molecule has 0 bridgehead atoms. The normalized spacial score (nSPS) is 19.3. The highest BCUT2D eigenvalue weighted by Crippen LogP contribution is 2.50. The van der Waals surface area contributed by atoms with Crippen LogP contribution in [0.15, 0.2) is 48.7 Å². The van der Waals surface area contributed by atoms with Crippen LogP contribution in [0.5, 0.6) is 5.75 Å². The molecule has 0 radical (unpaired) electrons. The fourth-order valence-electron chi connectivity index (χ4n) is 5.20. The van der Waals surface area contributed by atoms with E-state index in [0.717, 1.165) is 37.1 Å². The minimum atomic E-state index is -5.55. The molecule has 0 saturated heterocycles. The maximum Gasteiger partial charge on any atom is 0.424 e. The average Bonchev–Trinajstić information content (AvgIpc) is 3.61. The first-order valence-corrected chi connectivity index (χ1v) is 13.8. The van der Waals surface area contributed by atoms with Crippen molar-refractivity contribution >= 4 is 34.3 Å². The fourth-order valence-corrected chi connectivity index (χ4v) is 5.46. The number of fused-ring (bicyclic) bond motifs is 2. The van der Waals surface area contributed by atoms with Gasteiger partial charge in [0.1, 0.15) is 29.4 Å². The number of alkyl halides is 5. The van der Waals surface area contributed by atoms with E-state index in [1.807, 2.05) is 5.32 Å². The number of nitrogens with one attached hydrogen (secondary N) is 1. The molecule has 9 nitrogen and oxygen atoms in total. The fraction of sp³-hybridized carbons (Fsp3) is 0.310. The number of benzene rings is 2. The summed E-state index contributed by atoms with van der Waals surface area (Å²) >= 11 is 6.29. The van der Waals surface area contributed by atoms with Crippen LogP contribution in [0.25, 0.3) is 22.2 Å². The first-order chi connectivity index (χ1) is 21.2. The van der Waals surface area contributed by atoms with Gasteiger partial charge in [0.25, 0.3) is 12.3 Å². The molecular formula is C29H22ClF6N5O4. The second-order valence-electron chi connectivity index (χ2n) is 10.9. The Morgan fingerprint density at radius 3 is 2.47 bits per heavy atom. The zero-order valence-corrected chi connectivity index (χ0v) is 23.6. The van der Waals surface area contributed by atoms with Crippen LogP contribution < -0.4 is 15.8 Å². The van der Waals surface area contributed by atoms with Crippen LogP contribution in [0.4, 0.5) is 26.3 Å². The first-order valence-electron chi connectivity index (χ1n) is 13.4. The van der Waals surface area contributed by atoms with Gasteiger partial charge in [-0.15, -0.1) is 0 Å². The van der Waals surface area contributed by atoms with E-state index in [4.69, 9.17) is 22.1 Å². The molecule has 0 spiro atoms. The molecule has 1 aliphatic heterocycles. The first kappa shape index (κ1) is 30.6. The molecule has 4 aromatic rings. The molecule has 1 unspecified atom stereocenters. The highest BCUT2D eigenvalue weighted by molar-refractivity contribution is 6.35. The Kier molecular flexibility index (Phi) is 7.23. The summed E-state index contributed by atoms with van der Waals surface area (Å²) < 4.78 is 93.4. The predicted molar refractivity (Wildman–Crippen MR) is 147 cm³/mol. The summed E-state index contributed by atoms with van der Waals surface area (Å²) in [6, 6.07) is 7.29. The minimum absolute atomic E-state index is 0.0714. The lowest BCUT2D eigenvalue weighted by Crippen LogP contribution is -2.52. The lowest BCUT2D eigenvalue weighted by Gasteiger charge is -2.32. The number of aromatic nitrogens is 3. The van der Waals surface area contributed by atoms with Crippen molar-refractivity contribution in [3.8, 4) is 17.0 Å². The molecule has 2 aromatic heterocycles. The van der Waals surface area contributed by atoms with Crippen LogP contribution in [0.2, 0.25) is 5.02 Å². The maximum atomic E-state index is 14.7. The van der Waals surface area contributed by atoms with Crippen LogP contribution in [-0.4, -0.2) is 57.4 Å². The third kappa shape index (κ3) is 5.03. The maximum absolute atomic E-state index is 14.7. The van der Waals surface area contributed by atoms with E-state index in [2.05, 4.69) is 10.1 Å². The number of amides is 2. The van der Waals surface area contributed by atoms with E-state index >= 15 is 0 Å². The van der Waals surface area contributed by atoms with Gasteiger partial charge < -0.3 is 20.9 Å². The molecule has 3 heterocycles. The predicted octanol–water partition coefficient (Wildman–Crippen LogP) is 4.79. The van der Waals surface area contributed by atoms with Crippen LogP contribution in [0, 0.1) is 5.82 Å². The number of carbonyl (C=O) groups excluding carboxylic acids is 2. The van der Waals surface area contributed by atoms with Crippen LogP contribution >= 0.6 is 11.6 Å². The molecule has 2 atom stereocenters. The van der Waals surface area contributed by atoms with Crippen LogP contribution in [-0.2, 0) is 15.8 Å². The Morgan fingerprint density at radius 2 is 1.87 bits per heavy atom. The van der Waals surface area contributed by atoms with Gasteiger partial charge in [0, 0.05) is 28.3 Å². The molecule has 236 valence electrons. The van der Waals surface area contributed by atoms with Crippen molar-refractivity contribution in [1.29, 1.82) is 0 Å². The van der Waals surface area contributed by atoms with Gasteiger partial charge in [-0.1, -0.05) is 11.6 Å². The summed E-state index contributed by atoms with van der Waals surface area (Å²) in [5.41, 5.74) is -3.89. The summed E-state index contributed by atoms with van der Waals surface area (Å²) in [6.07, 6.45) is -5.59. The van der Waals surface area contributed by atoms with Gasteiger partial charge in [-0.2, -0.15) is 18.3 Å². The molecule has 16 heteroatoms. The monoisotopic (exact) mass is 653 g/mol. The van der Waals surface area contributed by atoms with E-state index in [1.54, 1.807) is 10.9 Å². The third-order valence-corrected chi connectivity index (χ3v) is 8.28. The molecular weight excluding hydrogens is 632 g/mol. The molecule has 45 heavy (non-hydrogen) atoms. The number of rotatable bonds is 8. The highest BCUT2D eigenvalue weighted by atomic mass is 35.5. The molecule has 4 N–H and O–H groups in total. The van der Waals surface area contributed by atoms with E-state index in [-0.39, 0.29) is 22.2 Å². The SMILES string of the molecule is NC(=O)[C@@]1(C(F)F)COc2c1cc(C(O)(CNC(=O)c1cc(Cl)c3nn(C4CC4)cc3c1)C(F)(F)F)nc2-c1ccc(F)cc1. The number of ether oxygens (including phenoxy) is 1. The topological polar surface area (TPSA) is 132 Å². The van der Waals surface area contributed by atoms with E-state index in [1.165, 1.54) is 12.1 Å². The number of hydrogen-bond acceptors (Lipinski definition) is 6. The average molecular weight is 654 g/mol.